The Labute approximate surface area is 201 Å². The van der Waals surface area contributed by atoms with Crippen LogP contribution in [0.3, 0.4) is 0 Å². The van der Waals surface area contributed by atoms with Crippen molar-refractivity contribution in [2.45, 2.75) is 84.3 Å². The summed E-state index contributed by atoms with van der Waals surface area (Å²) < 4.78 is 2.30. The van der Waals surface area contributed by atoms with Gasteiger partial charge in [-0.25, -0.2) is 9.97 Å². The number of carbonyl (C=O) groups is 1. The maximum Gasteiger partial charge on any atom is 0.207 e. The van der Waals surface area contributed by atoms with Gasteiger partial charge in [-0.2, -0.15) is 5.10 Å². The van der Waals surface area contributed by atoms with Gasteiger partial charge in [0.25, 0.3) is 0 Å². The van der Waals surface area contributed by atoms with Crippen LogP contribution < -0.4 is 15.5 Å². The van der Waals surface area contributed by atoms with Gasteiger partial charge in [-0.15, -0.1) is 0 Å². The zero-order valence-corrected chi connectivity index (χ0v) is 20.8. The van der Waals surface area contributed by atoms with Gasteiger partial charge < -0.3 is 20.9 Å². The molecule has 4 aliphatic rings. The smallest absolute Gasteiger partial charge is 0.207 e. The Bertz CT molecular complexity index is 1110. The van der Waals surface area contributed by atoms with E-state index in [9.17, 15) is 4.79 Å². The van der Waals surface area contributed by atoms with Crippen LogP contribution in [0.15, 0.2) is 0 Å². The summed E-state index contributed by atoms with van der Waals surface area (Å²) in [6.45, 7) is 8.38. The Morgan fingerprint density at radius 2 is 1.85 bits per heavy atom. The van der Waals surface area contributed by atoms with Crippen LogP contribution in [0.2, 0.25) is 0 Å². The summed E-state index contributed by atoms with van der Waals surface area (Å²) in [6.07, 6.45) is 8.53. The van der Waals surface area contributed by atoms with E-state index in [2.05, 4.69) is 32.1 Å². The van der Waals surface area contributed by atoms with E-state index in [1.54, 1.807) is 6.92 Å². The highest BCUT2D eigenvalue weighted by Crippen LogP contribution is 2.53. The van der Waals surface area contributed by atoms with Gasteiger partial charge in [0.2, 0.25) is 6.41 Å². The normalized spacial score (nSPS) is 25.7. The Kier molecular flexibility index (Phi) is 5.61. The third-order valence-corrected chi connectivity index (χ3v) is 8.49. The maximum absolute atomic E-state index is 11.1. The van der Waals surface area contributed by atoms with Crippen molar-refractivity contribution in [3.05, 3.63) is 28.5 Å². The summed E-state index contributed by atoms with van der Waals surface area (Å²) in [5, 5.41) is 19.5. The first-order valence-corrected chi connectivity index (χ1v) is 12.4. The minimum Gasteiger partial charge on any atom is -0.383 e. The standard InChI is InChI=1S/C25H36N8O/c1-16(26)21-22(27-4)23(30-18(3)29-21)32-12-5-20-19(13-32)17(2)31-33(20)14-24-6-9-25(10-7-24,11-8-24)28-15-34/h15,26-27H,5-14H2,1-4H3,(H,28,34). The van der Waals surface area contributed by atoms with E-state index in [-0.39, 0.29) is 5.54 Å². The van der Waals surface area contributed by atoms with Crippen LogP contribution in [-0.4, -0.2) is 51.0 Å². The lowest BCUT2D eigenvalue weighted by atomic mass is 9.57. The highest BCUT2D eigenvalue weighted by atomic mass is 16.1. The number of hydrogen-bond acceptors (Lipinski definition) is 7. The molecule has 34 heavy (non-hydrogen) atoms. The molecule has 3 saturated carbocycles. The highest BCUT2D eigenvalue weighted by Gasteiger charge is 2.49. The van der Waals surface area contributed by atoms with E-state index >= 15 is 0 Å². The molecule has 6 rings (SSSR count). The van der Waals surface area contributed by atoms with Gasteiger partial charge in [-0.3, -0.25) is 9.48 Å². The SMILES string of the molecule is CNc1c(C(C)=N)nc(C)nc1N1CCc2c(c(C)nn2CC23CCC(NC=O)(CC2)CC3)C1. The molecule has 9 heteroatoms. The first-order valence-electron chi connectivity index (χ1n) is 12.4. The molecule has 0 atom stereocenters. The lowest BCUT2D eigenvalue weighted by Gasteiger charge is -2.53. The Balaban J connectivity index is 1.39. The molecule has 182 valence electrons. The van der Waals surface area contributed by atoms with E-state index in [0.717, 1.165) is 88.2 Å². The molecule has 1 amide bonds. The predicted octanol–water partition coefficient (Wildman–Crippen LogP) is 3.12. The summed E-state index contributed by atoms with van der Waals surface area (Å²) in [5.41, 5.74) is 6.02. The molecule has 0 saturated heterocycles. The van der Waals surface area contributed by atoms with E-state index in [0.29, 0.717) is 22.6 Å². The zero-order valence-electron chi connectivity index (χ0n) is 20.8. The molecule has 0 radical (unpaired) electrons. The van der Waals surface area contributed by atoms with Gasteiger partial charge in [-0.05, 0) is 64.7 Å². The molecule has 9 nitrogen and oxygen atoms in total. The molecular weight excluding hydrogens is 428 g/mol. The number of nitrogens with one attached hydrogen (secondary N) is 3. The molecule has 0 unspecified atom stereocenters. The molecule has 1 aliphatic heterocycles. The summed E-state index contributed by atoms with van der Waals surface area (Å²) >= 11 is 0. The minimum atomic E-state index is 0.0395. The second-order valence-electron chi connectivity index (χ2n) is 10.6. The number of rotatable bonds is 7. The molecule has 3 N–H and O–H groups in total. The molecule has 3 heterocycles. The first kappa shape index (κ1) is 22.8. The molecule has 2 bridgehead atoms. The van der Waals surface area contributed by atoms with Crippen LogP contribution in [0.1, 0.15) is 73.9 Å². The minimum absolute atomic E-state index is 0.0395. The van der Waals surface area contributed by atoms with Crippen molar-refractivity contribution < 1.29 is 4.79 Å². The van der Waals surface area contributed by atoms with Gasteiger partial charge >= 0.3 is 0 Å². The van der Waals surface area contributed by atoms with Crippen LogP contribution in [0, 0.1) is 24.7 Å². The van der Waals surface area contributed by atoms with E-state index in [4.69, 9.17) is 15.5 Å². The molecular formula is C25H36N8O. The zero-order chi connectivity index (χ0) is 24.1. The van der Waals surface area contributed by atoms with Crippen molar-refractivity contribution in [2.24, 2.45) is 5.41 Å². The first-order chi connectivity index (χ1) is 16.3. The van der Waals surface area contributed by atoms with E-state index < -0.39 is 0 Å². The van der Waals surface area contributed by atoms with Crippen molar-refractivity contribution in [3.63, 3.8) is 0 Å². The van der Waals surface area contributed by atoms with Gasteiger partial charge in [-0.1, -0.05) is 0 Å². The Morgan fingerprint density at radius 3 is 2.47 bits per heavy atom. The van der Waals surface area contributed by atoms with E-state index in [1.807, 2.05) is 14.0 Å². The van der Waals surface area contributed by atoms with Crippen molar-refractivity contribution in [1.29, 1.82) is 5.41 Å². The third-order valence-electron chi connectivity index (χ3n) is 8.49. The Hall–Kier alpha value is -2.97. The number of hydrogen-bond donors (Lipinski definition) is 3. The fraction of sp³-hybridized carbons (Fsp3) is 0.640. The maximum atomic E-state index is 11.1. The van der Waals surface area contributed by atoms with Gasteiger partial charge in [0, 0.05) is 49.9 Å². The quantitative estimate of drug-likeness (QED) is 0.429. The largest absolute Gasteiger partial charge is 0.383 e. The number of aromatic nitrogens is 4. The van der Waals surface area contributed by atoms with Crippen molar-refractivity contribution >= 4 is 23.6 Å². The number of nitrogens with zero attached hydrogens (tertiary/aromatic N) is 5. The average Bonchev–Trinajstić information content (AvgIpc) is 3.14. The van der Waals surface area contributed by atoms with E-state index in [1.165, 1.54) is 11.3 Å². The van der Waals surface area contributed by atoms with Crippen LogP contribution in [0.4, 0.5) is 11.5 Å². The van der Waals surface area contributed by atoms with Gasteiger partial charge in [0.1, 0.15) is 17.2 Å². The fourth-order valence-electron chi connectivity index (χ4n) is 6.42. The molecule has 0 aromatic carbocycles. The number of fused-ring (bicyclic) bond motifs is 4. The van der Waals surface area contributed by atoms with Crippen LogP contribution in [0.25, 0.3) is 0 Å². The number of aryl methyl sites for hydroxylation is 2. The summed E-state index contributed by atoms with van der Waals surface area (Å²) in [6, 6.07) is 0. The van der Waals surface area contributed by atoms with Crippen molar-refractivity contribution in [3.8, 4) is 0 Å². The number of amides is 1. The van der Waals surface area contributed by atoms with Crippen molar-refractivity contribution in [1.82, 2.24) is 25.1 Å². The highest BCUT2D eigenvalue weighted by molar-refractivity contribution is 6.01. The molecule has 2 aromatic heterocycles. The molecule has 3 fully saturated rings. The van der Waals surface area contributed by atoms with Crippen LogP contribution in [0.5, 0.6) is 0 Å². The second kappa shape index (κ2) is 8.36. The second-order valence-corrected chi connectivity index (χ2v) is 10.6. The summed E-state index contributed by atoms with van der Waals surface area (Å²) in [7, 11) is 1.87. The van der Waals surface area contributed by atoms with Crippen LogP contribution >= 0.6 is 0 Å². The topological polar surface area (TPSA) is 112 Å². The number of carbonyl (C=O) groups excluding carboxylic acids is 1. The molecule has 0 spiro atoms. The number of anilines is 2. The lowest BCUT2D eigenvalue weighted by Crippen LogP contribution is -2.55. The third kappa shape index (κ3) is 3.75. The fourth-order valence-corrected chi connectivity index (χ4v) is 6.42. The Morgan fingerprint density at radius 1 is 1.15 bits per heavy atom. The average molecular weight is 465 g/mol. The predicted molar refractivity (Wildman–Crippen MR) is 133 cm³/mol. The van der Waals surface area contributed by atoms with Gasteiger partial charge in [0.15, 0.2) is 5.82 Å². The monoisotopic (exact) mass is 464 g/mol. The molecule has 2 aromatic rings. The lowest BCUT2D eigenvalue weighted by molar-refractivity contribution is -0.113. The van der Waals surface area contributed by atoms with Crippen molar-refractivity contribution in [2.75, 3.05) is 23.8 Å². The molecule has 3 aliphatic carbocycles. The van der Waals surface area contributed by atoms with Gasteiger partial charge in [0.05, 0.1) is 11.4 Å². The van der Waals surface area contributed by atoms with Crippen LogP contribution in [-0.2, 0) is 24.3 Å². The summed E-state index contributed by atoms with van der Waals surface area (Å²) in [5.74, 6) is 1.55. The summed E-state index contributed by atoms with van der Waals surface area (Å²) in [4.78, 5) is 22.6.